The lowest BCUT2D eigenvalue weighted by atomic mass is 9.95. The Morgan fingerprint density at radius 2 is 1.52 bits per heavy atom. The van der Waals surface area contributed by atoms with E-state index >= 15 is 0 Å². The first-order valence-electron chi connectivity index (χ1n) is 9.91. The number of nitrogens with one attached hydrogen (secondary N) is 2. The summed E-state index contributed by atoms with van der Waals surface area (Å²) in [7, 11) is 0. The van der Waals surface area contributed by atoms with Gasteiger partial charge >= 0.3 is 0 Å². The zero-order chi connectivity index (χ0) is 22.4. The van der Waals surface area contributed by atoms with E-state index < -0.39 is 5.82 Å². The Balaban J connectivity index is 1.39. The van der Waals surface area contributed by atoms with Gasteiger partial charge in [0.15, 0.2) is 0 Å². The van der Waals surface area contributed by atoms with Crippen LogP contribution in [0.15, 0.2) is 42.5 Å². The summed E-state index contributed by atoms with van der Waals surface area (Å²) in [6.45, 7) is 1.49. The molecular weight excluding hydrogens is 444 g/mol. The first kappa shape index (κ1) is 23.0. The third kappa shape index (κ3) is 6.18. The lowest BCUT2D eigenvalue weighted by Crippen LogP contribution is -2.44. The van der Waals surface area contributed by atoms with Crippen LogP contribution in [0.3, 0.4) is 0 Å². The molecule has 1 heterocycles. The average molecular weight is 466 g/mol. The van der Waals surface area contributed by atoms with Gasteiger partial charge in [0, 0.05) is 43.2 Å². The van der Waals surface area contributed by atoms with Gasteiger partial charge in [-0.2, -0.15) is 0 Å². The number of carbonyl (C=O) groups excluding carboxylic acids is 3. The number of piperidine rings is 1. The molecule has 31 heavy (non-hydrogen) atoms. The highest BCUT2D eigenvalue weighted by molar-refractivity contribution is 6.42. The van der Waals surface area contributed by atoms with Crippen LogP contribution in [0.25, 0.3) is 0 Å². The van der Waals surface area contributed by atoms with Gasteiger partial charge < -0.3 is 15.5 Å². The predicted octanol–water partition coefficient (Wildman–Crippen LogP) is 3.53. The van der Waals surface area contributed by atoms with E-state index in [1.54, 1.807) is 23.1 Å². The molecule has 0 unspecified atom stereocenters. The summed E-state index contributed by atoms with van der Waals surface area (Å²) < 4.78 is 12.9. The van der Waals surface area contributed by atoms with Crippen LogP contribution in [-0.4, -0.2) is 48.8 Å². The number of hydrogen-bond acceptors (Lipinski definition) is 3. The number of hydrogen-bond donors (Lipinski definition) is 2. The number of halogens is 3. The highest BCUT2D eigenvalue weighted by Crippen LogP contribution is 2.25. The number of likely N-dealkylation sites (tertiary alicyclic amines) is 1. The minimum absolute atomic E-state index is 0.0994. The Kier molecular flexibility index (Phi) is 7.87. The molecule has 0 aliphatic carbocycles. The smallest absolute Gasteiger partial charge is 0.253 e. The molecule has 3 rings (SSSR count). The second-order valence-electron chi connectivity index (χ2n) is 7.25. The van der Waals surface area contributed by atoms with Crippen molar-refractivity contribution in [3.63, 3.8) is 0 Å². The fourth-order valence-electron chi connectivity index (χ4n) is 3.37. The quantitative estimate of drug-likeness (QED) is 0.640. The first-order valence-corrected chi connectivity index (χ1v) is 10.7. The molecule has 0 spiro atoms. The molecule has 1 aliphatic heterocycles. The second kappa shape index (κ2) is 10.6. The minimum atomic E-state index is -0.409. The van der Waals surface area contributed by atoms with Crippen molar-refractivity contribution in [2.24, 2.45) is 5.92 Å². The van der Waals surface area contributed by atoms with Gasteiger partial charge in [0.05, 0.1) is 10.0 Å². The van der Waals surface area contributed by atoms with Crippen molar-refractivity contribution in [2.45, 2.75) is 12.8 Å². The zero-order valence-electron chi connectivity index (χ0n) is 16.7. The normalized spacial score (nSPS) is 14.2. The monoisotopic (exact) mass is 465 g/mol. The number of carbonyl (C=O) groups is 3. The highest BCUT2D eigenvalue weighted by Gasteiger charge is 2.27. The lowest BCUT2D eigenvalue weighted by molar-refractivity contribution is -0.126. The van der Waals surface area contributed by atoms with E-state index in [1.807, 2.05) is 0 Å². The zero-order valence-corrected chi connectivity index (χ0v) is 18.2. The van der Waals surface area contributed by atoms with Crippen molar-refractivity contribution in [3.05, 3.63) is 69.5 Å². The van der Waals surface area contributed by atoms with Gasteiger partial charge in [-0.15, -0.1) is 0 Å². The fourth-order valence-corrected chi connectivity index (χ4v) is 3.66. The summed E-state index contributed by atoms with van der Waals surface area (Å²) in [5.74, 6) is -1.17. The van der Waals surface area contributed by atoms with Crippen LogP contribution in [-0.2, 0) is 4.79 Å². The summed E-state index contributed by atoms with van der Waals surface area (Å²) >= 11 is 11.9. The molecule has 0 saturated carbocycles. The highest BCUT2D eigenvalue weighted by atomic mass is 35.5. The Morgan fingerprint density at radius 1 is 0.903 bits per heavy atom. The van der Waals surface area contributed by atoms with Gasteiger partial charge in [-0.3, -0.25) is 14.4 Å². The van der Waals surface area contributed by atoms with E-state index in [0.717, 1.165) is 0 Å². The molecule has 1 aliphatic rings. The molecule has 1 fully saturated rings. The molecule has 1 saturated heterocycles. The Labute approximate surface area is 189 Å². The minimum Gasteiger partial charge on any atom is -0.354 e. The SMILES string of the molecule is O=C(NCCNC(=O)C1CCN(C(=O)c2ccc(Cl)c(Cl)c2)CC1)c1ccc(F)cc1. The van der Waals surface area contributed by atoms with E-state index in [2.05, 4.69) is 10.6 Å². The van der Waals surface area contributed by atoms with E-state index in [0.29, 0.717) is 47.1 Å². The molecule has 2 aromatic carbocycles. The van der Waals surface area contributed by atoms with Gasteiger partial charge in [-0.25, -0.2) is 4.39 Å². The van der Waals surface area contributed by atoms with E-state index in [-0.39, 0.29) is 36.7 Å². The third-order valence-electron chi connectivity index (χ3n) is 5.14. The second-order valence-corrected chi connectivity index (χ2v) is 8.06. The number of benzene rings is 2. The van der Waals surface area contributed by atoms with E-state index in [9.17, 15) is 18.8 Å². The van der Waals surface area contributed by atoms with Crippen LogP contribution in [0.4, 0.5) is 4.39 Å². The van der Waals surface area contributed by atoms with Crippen LogP contribution in [0, 0.1) is 11.7 Å². The largest absolute Gasteiger partial charge is 0.354 e. The van der Waals surface area contributed by atoms with Crippen LogP contribution in [0.2, 0.25) is 10.0 Å². The molecular formula is C22H22Cl2FN3O3. The summed E-state index contributed by atoms with van der Waals surface area (Å²) in [6, 6.07) is 10.0. The lowest BCUT2D eigenvalue weighted by Gasteiger charge is -2.31. The van der Waals surface area contributed by atoms with Crippen LogP contribution in [0.5, 0.6) is 0 Å². The van der Waals surface area contributed by atoms with E-state index in [1.165, 1.54) is 24.3 Å². The Hall–Kier alpha value is -2.64. The summed E-state index contributed by atoms with van der Waals surface area (Å²) in [5, 5.41) is 6.20. The predicted molar refractivity (Wildman–Crippen MR) is 117 cm³/mol. The van der Waals surface area contributed by atoms with Crippen molar-refractivity contribution in [2.75, 3.05) is 26.2 Å². The third-order valence-corrected chi connectivity index (χ3v) is 5.87. The molecule has 164 valence electrons. The van der Waals surface area contributed by atoms with Crippen molar-refractivity contribution in [3.8, 4) is 0 Å². The summed E-state index contributed by atoms with van der Waals surface area (Å²) in [4.78, 5) is 38.7. The van der Waals surface area contributed by atoms with Gasteiger partial charge in [-0.1, -0.05) is 23.2 Å². The molecule has 2 aromatic rings. The molecule has 0 radical (unpaired) electrons. The molecule has 9 heteroatoms. The van der Waals surface area contributed by atoms with Crippen molar-refractivity contribution in [1.82, 2.24) is 15.5 Å². The van der Waals surface area contributed by atoms with Crippen molar-refractivity contribution < 1.29 is 18.8 Å². The molecule has 0 atom stereocenters. The number of rotatable bonds is 6. The maximum atomic E-state index is 12.9. The molecule has 0 bridgehead atoms. The van der Waals surface area contributed by atoms with Crippen LogP contribution >= 0.6 is 23.2 Å². The topological polar surface area (TPSA) is 78.5 Å². The number of nitrogens with zero attached hydrogens (tertiary/aromatic N) is 1. The fraction of sp³-hybridized carbons (Fsp3) is 0.318. The maximum Gasteiger partial charge on any atom is 0.253 e. The molecule has 0 aromatic heterocycles. The average Bonchev–Trinajstić information content (AvgIpc) is 2.78. The van der Waals surface area contributed by atoms with E-state index in [4.69, 9.17) is 23.2 Å². The van der Waals surface area contributed by atoms with Gasteiger partial charge in [-0.05, 0) is 55.3 Å². The standard InChI is InChI=1S/C22H22Cl2FN3O3/c23-18-6-3-16(13-19(18)24)22(31)28-11-7-15(8-12-28)21(30)27-10-9-26-20(29)14-1-4-17(25)5-2-14/h1-6,13,15H,7-12H2,(H,26,29)(H,27,30). The van der Waals surface area contributed by atoms with Gasteiger partial charge in [0.2, 0.25) is 5.91 Å². The first-order chi connectivity index (χ1) is 14.8. The Morgan fingerprint density at radius 3 is 2.16 bits per heavy atom. The molecule has 2 N–H and O–H groups in total. The van der Waals surface area contributed by atoms with Crippen molar-refractivity contribution in [1.29, 1.82) is 0 Å². The summed E-state index contributed by atoms with van der Waals surface area (Å²) in [6.07, 6.45) is 1.11. The Bertz CT molecular complexity index is 961. The number of amides is 3. The maximum absolute atomic E-state index is 12.9. The van der Waals surface area contributed by atoms with Gasteiger partial charge in [0.25, 0.3) is 11.8 Å². The van der Waals surface area contributed by atoms with Crippen LogP contribution < -0.4 is 10.6 Å². The van der Waals surface area contributed by atoms with Crippen LogP contribution in [0.1, 0.15) is 33.6 Å². The van der Waals surface area contributed by atoms with Crippen molar-refractivity contribution >= 4 is 40.9 Å². The summed E-state index contributed by atoms with van der Waals surface area (Å²) in [5.41, 5.74) is 0.820. The van der Waals surface area contributed by atoms with Gasteiger partial charge in [0.1, 0.15) is 5.82 Å². The molecule has 3 amide bonds. The molecule has 6 nitrogen and oxygen atoms in total.